The Morgan fingerprint density at radius 2 is 2.45 bits per heavy atom. The Bertz CT molecular complexity index is 246. The lowest BCUT2D eigenvalue weighted by atomic mass is 10.0. The van der Waals surface area contributed by atoms with Crippen molar-refractivity contribution in [2.45, 2.75) is 12.5 Å². The van der Waals surface area contributed by atoms with Crippen molar-refractivity contribution in [2.24, 2.45) is 5.73 Å². The number of hydrogen-bond acceptors (Lipinski definition) is 3. The molecule has 0 aliphatic rings. The first kappa shape index (κ1) is 9.44. The molecule has 1 aromatic rings. The predicted molar refractivity (Wildman–Crippen MR) is 55.7 cm³/mol. The molecular weight excluding hydrogens is 273 g/mol. The summed E-state index contributed by atoms with van der Waals surface area (Å²) in [7, 11) is 0. The highest BCUT2D eigenvalue weighted by atomic mass is 127. The van der Waals surface area contributed by atoms with Crippen LogP contribution >= 0.6 is 33.9 Å². The minimum atomic E-state index is -0.579. The van der Waals surface area contributed by atoms with E-state index in [9.17, 15) is 0 Å². The molecule has 0 spiro atoms. The first-order valence-corrected chi connectivity index (χ1v) is 5.17. The van der Waals surface area contributed by atoms with Gasteiger partial charge in [-0.1, -0.05) is 0 Å². The Hall–Kier alpha value is 0.350. The van der Waals surface area contributed by atoms with Crippen molar-refractivity contribution in [1.82, 2.24) is 0 Å². The lowest BCUT2D eigenvalue weighted by molar-refractivity contribution is 0.212. The number of thiophene rings is 1. The number of halogens is 1. The first-order valence-electron chi connectivity index (χ1n) is 3.21. The molecule has 0 amide bonds. The topological polar surface area (TPSA) is 46.2 Å². The number of nitrogens with two attached hydrogens (primary N) is 1. The van der Waals surface area contributed by atoms with Crippen LogP contribution in [-0.4, -0.2) is 11.7 Å². The van der Waals surface area contributed by atoms with Gasteiger partial charge in [0.05, 0.1) is 12.1 Å². The van der Waals surface area contributed by atoms with Gasteiger partial charge in [0.1, 0.15) is 0 Å². The molecule has 2 nitrogen and oxygen atoms in total. The van der Waals surface area contributed by atoms with E-state index in [0.717, 1.165) is 8.45 Å². The molecule has 1 rings (SSSR count). The van der Waals surface area contributed by atoms with Crippen molar-refractivity contribution in [2.75, 3.05) is 6.61 Å². The van der Waals surface area contributed by atoms with Crippen LogP contribution in [0.3, 0.4) is 0 Å². The molecule has 0 saturated heterocycles. The molecule has 62 valence electrons. The molecule has 0 aliphatic carbocycles. The Morgan fingerprint density at radius 3 is 2.82 bits per heavy atom. The van der Waals surface area contributed by atoms with Crippen LogP contribution in [0, 0.1) is 3.57 Å². The fraction of sp³-hybridized carbons (Fsp3) is 0.429. The van der Waals surface area contributed by atoms with Crippen LogP contribution in [0.25, 0.3) is 0 Å². The van der Waals surface area contributed by atoms with E-state index in [0.29, 0.717) is 0 Å². The maximum atomic E-state index is 8.97. The highest BCUT2D eigenvalue weighted by Gasteiger charge is 2.23. The third-order valence-electron chi connectivity index (χ3n) is 1.46. The normalized spacial score (nSPS) is 16.4. The number of aliphatic hydroxyl groups excluding tert-OH is 1. The molecule has 0 saturated carbocycles. The number of aliphatic hydroxyl groups is 1. The largest absolute Gasteiger partial charge is 0.394 e. The van der Waals surface area contributed by atoms with E-state index in [1.165, 1.54) is 0 Å². The molecule has 0 fully saturated rings. The molecule has 4 heteroatoms. The third-order valence-corrected chi connectivity index (χ3v) is 3.92. The van der Waals surface area contributed by atoms with Crippen molar-refractivity contribution in [3.05, 3.63) is 19.9 Å². The Morgan fingerprint density at radius 1 is 1.82 bits per heavy atom. The Labute approximate surface area is 83.6 Å². The average molecular weight is 283 g/mol. The third kappa shape index (κ3) is 1.93. The fourth-order valence-corrected chi connectivity index (χ4v) is 3.05. The van der Waals surface area contributed by atoms with Gasteiger partial charge in [-0.15, -0.1) is 11.3 Å². The molecule has 0 radical (unpaired) electrons. The van der Waals surface area contributed by atoms with Crippen LogP contribution in [0.5, 0.6) is 0 Å². The van der Waals surface area contributed by atoms with E-state index in [2.05, 4.69) is 22.6 Å². The molecule has 11 heavy (non-hydrogen) atoms. The highest BCUT2D eigenvalue weighted by molar-refractivity contribution is 14.1. The van der Waals surface area contributed by atoms with E-state index in [-0.39, 0.29) is 6.61 Å². The lowest BCUT2D eigenvalue weighted by Gasteiger charge is -2.20. The summed E-state index contributed by atoms with van der Waals surface area (Å²) < 4.78 is 1.13. The Kier molecular flexibility index (Phi) is 2.90. The van der Waals surface area contributed by atoms with E-state index in [1.807, 2.05) is 18.4 Å². The zero-order chi connectivity index (χ0) is 8.48. The van der Waals surface area contributed by atoms with Gasteiger partial charge in [-0.05, 0) is 41.0 Å². The van der Waals surface area contributed by atoms with Gasteiger partial charge < -0.3 is 10.8 Å². The summed E-state index contributed by atoms with van der Waals surface area (Å²) in [5.41, 5.74) is 5.26. The van der Waals surface area contributed by atoms with E-state index in [1.54, 1.807) is 11.3 Å². The van der Waals surface area contributed by atoms with Crippen LogP contribution in [0.4, 0.5) is 0 Å². The molecule has 1 unspecified atom stereocenters. The lowest BCUT2D eigenvalue weighted by Crippen LogP contribution is -2.36. The molecule has 1 aromatic heterocycles. The van der Waals surface area contributed by atoms with Crippen LogP contribution < -0.4 is 5.73 Å². The molecule has 0 bridgehead atoms. The molecular formula is C7H10INOS. The van der Waals surface area contributed by atoms with Gasteiger partial charge in [0.25, 0.3) is 0 Å². The maximum absolute atomic E-state index is 8.97. The highest BCUT2D eigenvalue weighted by Crippen LogP contribution is 2.28. The minimum absolute atomic E-state index is 0.0104. The quantitative estimate of drug-likeness (QED) is 0.808. The van der Waals surface area contributed by atoms with Gasteiger partial charge in [-0.2, -0.15) is 0 Å². The van der Waals surface area contributed by atoms with Gasteiger partial charge in [0.2, 0.25) is 0 Å². The smallest absolute Gasteiger partial charge is 0.0719 e. The number of hydrogen-bond donors (Lipinski definition) is 2. The molecule has 1 heterocycles. The second-order valence-corrected chi connectivity index (χ2v) is 4.75. The SMILES string of the molecule is CC(N)(CO)c1sccc1I. The summed E-state index contributed by atoms with van der Waals surface area (Å²) in [5, 5.41) is 11.0. The van der Waals surface area contributed by atoms with Crippen LogP contribution in [0.15, 0.2) is 11.4 Å². The average Bonchev–Trinajstić information content (AvgIpc) is 2.36. The van der Waals surface area contributed by atoms with Crippen LogP contribution in [-0.2, 0) is 5.54 Å². The summed E-state index contributed by atoms with van der Waals surface area (Å²) in [6, 6.07) is 2.00. The van der Waals surface area contributed by atoms with Gasteiger partial charge in [0.15, 0.2) is 0 Å². The van der Waals surface area contributed by atoms with Crippen molar-refractivity contribution in [3.8, 4) is 0 Å². The van der Waals surface area contributed by atoms with Gasteiger partial charge in [-0.25, -0.2) is 0 Å². The van der Waals surface area contributed by atoms with Crippen molar-refractivity contribution < 1.29 is 5.11 Å². The summed E-state index contributed by atoms with van der Waals surface area (Å²) in [6.07, 6.45) is 0. The monoisotopic (exact) mass is 283 g/mol. The fourth-order valence-electron chi connectivity index (χ4n) is 0.773. The van der Waals surface area contributed by atoms with E-state index < -0.39 is 5.54 Å². The van der Waals surface area contributed by atoms with Crippen LogP contribution in [0.2, 0.25) is 0 Å². The second kappa shape index (κ2) is 3.38. The van der Waals surface area contributed by atoms with E-state index in [4.69, 9.17) is 10.8 Å². The predicted octanol–water partition coefficient (Wildman–Crippen LogP) is 1.52. The van der Waals surface area contributed by atoms with E-state index >= 15 is 0 Å². The second-order valence-electron chi connectivity index (χ2n) is 2.67. The van der Waals surface area contributed by atoms with Crippen LogP contribution in [0.1, 0.15) is 11.8 Å². The molecule has 0 aliphatic heterocycles. The van der Waals surface area contributed by atoms with Gasteiger partial charge >= 0.3 is 0 Å². The van der Waals surface area contributed by atoms with Gasteiger partial charge in [0, 0.05) is 8.45 Å². The van der Waals surface area contributed by atoms with Crippen molar-refractivity contribution in [1.29, 1.82) is 0 Å². The first-order chi connectivity index (χ1) is 5.08. The zero-order valence-electron chi connectivity index (χ0n) is 6.17. The summed E-state index contributed by atoms with van der Waals surface area (Å²) in [6.45, 7) is 1.82. The molecule has 1 atom stereocenters. The molecule has 0 aromatic carbocycles. The summed E-state index contributed by atoms with van der Waals surface area (Å²) >= 11 is 3.81. The van der Waals surface area contributed by atoms with Gasteiger partial charge in [-0.3, -0.25) is 0 Å². The zero-order valence-corrected chi connectivity index (χ0v) is 9.15. The van der Waals surface area contributed by atoms with Crippen molar-refractivity contribution in [3.63, 3.8) is 0 Å². The van der Waals surface area contributed by atoms with Crippen molar-refractivity contribution >= 4 is 33.9 Å². The standard InChI is InChI=1S/C7H10INOS/c1-7(9,4-10)6-5(8)2-3-11-6/h2-3,10H,4,9H2,1H3. The summed E-state index contributed by atoms with van der Waals surface area (Å²) in [4.78, 5) is 1.06. The number of rotatable bonds is 2. The Balaban J connectivity index is 3.00. The maximum Gasteiger partial charge on any atom is 0.0719 e. The summed E-state index contributed by atoms with van der Waals surface area (Å²) in [5.74, 6) is 0. The molecule has 3 N–H and O–H groups in total. The minimum Gasteiger partial charge on any atom is -0.394 e.